The summed E-state index contributed by atoms with van der Waals surface area (Å²) in [7, 11) is 0. The summed E-state index contributed by atoms with van der Waals surface area (Å²) in [5.74, 6) is -0.537. The van der Waals surface area contributed by atoms with Gasteiger partial charge in [0.1, 0.15) is 12.2 Å². The van der Waals surface area contributed by atoms with E-state index in [-0.39, 0.29) is 24.5 Å². The van der Waals surface area contributed by atoms with E-state index in [1.807, 2.05) is 0 Å². The van der Waals surface area contributed by atoms with Crippen LogP contribution in [0.3, 0.4) is 0 Å². The van der Waals surface area contributed by atoms with E-state index < -0.39 is 0 Å². The van der Waals surface area contributed by atoms with Crippen LogP contribution < -0.4 is 0 Å². The first kappa shape index (κ1) is 12.0. The van der Waals surface area contributed by atoms with Crippen LogP contribution in [0.1, 0.15) is 30.3 Å². The molecule has 0 saturated heterocycles. The van der Waals surface area contributed by atoms with E-state index in [0.29, 0.717) is 12.3 Å². The van der Waals surface area contributed by atoms with Crippen molar-refractivity contribution < 1.29 is 14.3 Å². The Labute approximate surface area is 103 Å². The molecule has 6 heteroatoms. The molecule has 1 fully saturated rings. The fourth-order valence-electron chi connectivity index (χ4n) is 1.56. The molecule has 0 bridgehead atoms. The highest BCUT2D eigenvalue weighted by atomic mass is 32.1. The van der Waals surface area contributed by atoms with Crippen molar-refractivity contribution in [2.75, 3.05) is 13.2 Å². The van der Waals surface area contributed by atoms with Gasteiger partial charge in [0, 0.05) is 11.4 Å². The third-order valence-corrected chi connectivity index (χ3v) is 3.09. The zero-order valence-electron chi connectivity index (χ0n) is 9.59. The lowest BCUT2D eigenvalue weighted by molar-refractivity contribution is -0.144. The number of aromatic nitrogens is 1. The predicted octanol–water partition coefficient (Wildman–Crippen LogP) is 1.31. The zero-order chi connectivity index (χ0) is 12.3. The normalized spacial score (nSPS) is 14.4. The summed E-state index contributed by atoms with van der Waals surface area (Å²) in [6, 6.07) is 0.175. The van der Waals surface area contributed by atoms with Gasteiger partial charge in [0.15, 0.2) is 0 Å². The number of nitrogens with zero attached hydrogens (tertiary/aromatic N) is 2. The number of hydrogen-bond acceptors (Lipinski definition) is 5. The molecular formula is C11H14N2O3S. The lowest BCUT2D eigenvalue weighted by atomic mass is 10.3. The molecule has 1 aromatic rings. The number of ether oxygens (including phenoxy) is 1. The van der Waals surface area contributed by atoms with E-state index in [1.165, 1.54) is 11.3 Å². The molecule has 0 atom stereocenters. The van der Waals surface area contributed by atoms with Gasteiger partial charge in [-0.2, -0.15) is 0 Å². The summed E-state index contributed by atoms with van der Waals surface area (Å²) >= 11 is 1.37. The standard InChI is InChI=1S/C11H14N2O3S/c1-2-16-10(14)5-13(8-3-4-8)11(15)9-6-17-7-12-9/h6-8H,2-5H2,1H3. The van der Waals surface area contributed by atoms with E-state index in [1.54, 1.807) is 22.7 Å². The second-order valence-corrected chi connectivity index (χ2v) is 4.56. The molecule has 92 valence electrons. The minimum Gasteiger partial charge on any atom is -0.465 e. The Bertz CT molecular complexity index is 401. The molecule has 0 aromatic carbocycles. The van der Waals surface area contributed by atoms with Crippen LogP contribution in [0.5, 0.6) is 0 Å². The molecule has 17 heavy (non-hydrogen) atoms. The van der Waals surface area contributed by atoms with Crippen LogP contribution in [-0.4, -0.2) is 41.0 Å². The van der Waals surface area contributed by atoms with Crippen LogP contribution in [0.4, 0.5) is 0 Å². The molecule has 1 heterocycles. The molecule has 1 aliphatic rings. The van der Waals surface area contributed by atoms with Gasteiger partial charge in [-0.25, -0.2) is 4.98 Å². The highest BCUT2D eigenvalue weighted by Crippen LogP contribution is 2.28. The highest BCUT2D eigenvalue weighted by molar-refractivity contribution is 7.07. The second-order valence-electron chi connectivity index (χ2n) is 3.84. The van der Waals surface area contributed by atoms with Crippen molar-refractivity contribution in [3.63, 3.8) is 0 Å². The summed E-state index contributed by atoms with van der Waals surface area (Å²) in [5, 5.41) is 1.70. The quantitative estimate of drug-likeness (QED) is 0.743. The van der Waals surface area contributed by atoms with E-state index in [4.69, 9.17) is 4.74 Å². The fourth-order valence-corrected chi connectivity index (χ4v) is 2.09. The van der Waals surface area contributed by atoms with Crippen molar-refractivity contribution in [1.82, 2.24) is 9.88 Å². The van der Waals surface area contributed by atoms with Gasteiger partial charge in [-0.1, -0.05) is 0 Å². The van der Waals surface area contributed by atoms with Gasteiger partial charge in [-0.15, -0.1) is 11.3 Å². The van der Waals surface area contributed by atoms with Crippen molar-refractivity contribution in [2.45, 2.75) is 25.8 Å². The molecular weight excluding hydrogens is 240 g/mol. The summed E-state index contributed by atoms with van der Waals surface area (Å²) in [4.78, 5) is 29.1. The smallest absolute Gasteiger partial charge is 0.325 e. The lowest BCUT2D eigenvalue weighted by Crippen LogP contribution is -2.38. The van der Waals surface area contributed by atoms with Crippen LogP contribution in [0.15, 0.2) is 10.9 Å². The Kier molecular flexibility index (Phi) is 3.73. The third-order valence-electron chi connectivity index (χ3n) is 2.50. The van der Waals surface area contributed by atoms with Crippen molar-refractivity contribution in [1.29, 1.82) is 0 Å². The first-order valence-electron chi connectivity index (χ1n) is 5.57. The number of amides is 1. The molecule has 2 rings (SSSR count). The average molecular weight is 254 g/mol. The molecule has 1 saturated carbocycles. The monoisotopic (exact) mass is 254 g/mol. The molecule has 1 amide bonds. The van der Waals surface area contributed by atoms with Gasteiger partial charge < -0.3 is 9.64 Å². The van der Waals surface area contributed by atoms with Gasteiger partial charge in [0.25, 0.3) is 5.91 Å². The Hall–Kier alpha value is -1.43. The van der Waals surface area contributed by atoms with Crippen molar-refractivity contribution in [2.24, 2.45) is 0 Å². The Balaban J connectivity index is 2.02. The van der Waals surface area contributed by atoms with Gasteiger partial charge in [-0.05, 0) is 19.8 Å². The second kappa shape index (κ2) is 5.27. The Morgan fingerprint density at radius 2 is 2.35 bits per heavy atom. The number of esters is 1. The molecule has 1 aromatic heterocycles. The van der Waals surface area contributed by atoms with Crippen molar-refractivity contribution >= 4 is 23.2 Å². The maximum absolute atomic E-state index is 12.1. The summed E-state index contributed by atoms with van der Waals surface area (Å²) in [5.41, 5.74) is 2.02. The molecule has 5 nitrogen and oxygen atoms in total. The maximum atomic E-state index is 12.1. The first-order chi connectivity index (χ1) is 8.22. The molecule has 1 aliphatic carbocycles. The largest absolute Gasteiger partial charge is 0.465 e. The van der Waals surface area contributed by atoms with Crippen LogP contribution in [0.25, 0.3) is 0 Å². The Morgan fingerprint density at radius 3 is 2.88 bits per heavy atom. The molecule has 0 spiro atoms. The molecule has 0 aliphatic heterocycles. The minimum absolute atomic E-state index is 0.0227. The molecule has 0 radical (unpaired) electrons. The Morgan fingerprint density at radius 1 is 1.59 bits per heavy atom. The summed E-state index contributed by atoms with van der Waals surface area (Å²) < 4.78 is 4.87. The zero-order valence-corrected chi connectivity index (χ0v) is 10.4. The van der Waals surface area contributed by atoms with Crippen LogP contribution in [0.2, 0.25) is 0 Å². The van der Waals surface area contributed by atoms with Crippen LogP contribution in [0, 0.1) is 0 Å². The van der Waals surface area contributed by atoms with Gasteiger partial charge in [-0.3, -0.25) is 9.59 Å². The summed E-state index contributed by atoms with van der Waals surface area (Å²) in [6.07, 6.45) is 1.91. The van der Waals surface area contributed by atoms with Gasteiger partial charge >= 0.3 is 5.97 Å². The van der Waals surface area contributed by atoms with Crippen molar-refractivity contribution in [3.05, 3.63) is 16.6 Å². The fraction of sp³-hybridized carbons (Fsp3) is 0.545. The number of carbonyl (C=O) groups is 2. The predicted molar refractivity (Wildman–Crippen MR) is 62.8 cm³/mol. The van der Waals surface area contributed by atoms with Gasteiger partial charge in [0.2, 0.25) is 0 Å². The molecule has 0 N–H and O–H groups in total. The minimum atomic E-state index is -0.358. The molecule has 0 unspecified atom stereocenters. The number of thiazole rings is 1. The van der Waals surface area contributed by atoms with Crippen molar-refractivity contribution in [3.8, 4) is 0 Å². The lowest BCUT2D eigenvalue weighted by Gasteiger charge is -2.20. The summed E-state index contributed by atoms with van der Waals surface area (Å²) in [6.45, 7) is 2.11. The number of rotatable bonds is 5. The average Bonchev–Trinajstić information content (AvgIpc) is 3.00. The maximum Gasteiger partial charge on any atom is 0.325 e. The van der Waals surface area contributed by atoms with E-state index >= 15 is 0 Å². The topological polar surface area (TPSA) is 59.5 Å². The van der Waals surface area contributed by atoms with E-state index in [2.05, 4.69) is 4.98 Å². The van der Waals surface area contributed by atoms with E-state index in [0.717, 1.165) is 12.8 Å². The SMILES string of the molecule is CCOC(=O)CN(C(=O)c1cscn1)C1CC1. The van der Waals surface area contributed by atoms with Crippen LogP contribution >= 0.6 is 11.3 Å². The van der Waals surface area contributed by atoms with E-state index in [9.17, 15) is 9.59 Å². The van der Waals surface area contributed by atoms with Crippen LogP contribution in [-0.2, 0) is 9.53 Å². The number of hydrogen-bond donors (Lipinski definition) is 0. The third kappa shape index (κ3) is 3.03. The first-order valence-corrected chi connectivity index (χ1v) is 6.51. The number of carbonyl (C=O) groups excluding carboxylic acids is 2. The van der Waals surface area contributed by atoms with Gasteiger partial charge in [0.05, 0.1) is 12.1 Å². The highest BCUT2D eigenvalue weighted by Gasteiger charge is 2.35.